The largest absolute Gasteiger partial charge is 0.445 e. The predicted molar refractivity (Wildman–Crippen MR) is 189 cm³/mol. The van der Waals surface area contributed by atoms with E-state index in [1.165, 1.54) is 19.1 Å². The van der Waals surface area contributed by atoms with Crippen molar-refractivity contribution in [2.75, 3.05) is 33.1 Å². The predicted octanol–water partition coefficient (Wildman–Crippen LogP) is 4.26. The minimum atomic E-state index is -3.58. The zero-order valence-electron chi connectivity index (χ0n) is 30.5. The first-order chi connectivity index (χ1) is 23.1. The normalized spacial score (nSPS) is 17.6. The van der Waals surface area contributed by atoms with Crippen molar-refractivity contribution in [1.29, 1.82) is 0 Å². The number of likely N-dealkylation sites (tertiary alicyclic amines) is 1. The fourth-order valence-corrected chi connectivity index (χ4v) is 7.68. The molecule has 2 rings (SSSR count). The van der Waals surface area contributed by atoms with Crippen LogP contribution >= 0.6 is 7.37 Å². The summed E-state index contributed by atoms with van der Waals surface area (Å²) < 4.78 is 24.9. The summed E-state index contributed by atoms with van der Waals surface area (Å²) in [5.41, 5.74) is 0.827. The lowest BCUT2D eigenvalue weighted by Crippen LogP contribution is -2.53. The van der Waals surface area contributed by atoms with E-state index >= 15 is 0 Å². The topological polar surface area (TPSA) is 172 Å². The van der Waals surface area contributed by atoms with Gasteiger partial charge >= 0.3 is 6.09 Å². The van der Waals surface area contributed by atoms with Gasteiger partial charge in [-0.3, -0.25) is 28.6 Å². The van der Waals surface area contributed by atoms with E-state index in [0.717, 1.165) is 5.56 Å². The second-order valence-corrected chi connectivity index (χ2v) is 16.8. The zero-order chi connectivity index (χ0) is 36.7. The van der Waals surface area contributed by atoms with E-state index in [0.29, 0.717) is 38.6 Å². The molecular formula is C35H58N5O8P. The van der Waals surface area contributed by atoms with Crippen molar-refractivity contribution in [2.24, 2.45) is 23.7 Å². The summed E-state index contributed by atoms with van der Waals surface area (Å²) in [5.74, 6) is -2.20. The van der Waals surface area contributed by atoms with Gasteiger partial charge in [-0.05, 0) is 55.4 Å². The van der Waals surface area contributed by atoms with Gasteiger partial charge in [0.25, 0.3) is 0 Å². The molecule has 0 aliphatic carbocycles. The number of nitrogens with zero attached hydrogens (tertiary/aromatic N) is 1. The van der Waals surface area contributed by atoms with E-state index in [1.54, 1.807) is 0 Å². The van der Waals surface area contributed by atoms with Crippen molar-refractivity contribution in [1.82, 2.24) is 26.2 Å². The standard InChI is InChI=1S/C35H58N5O8P/c1-23(2)17-27(31(41)38-28(18-24(3)4)32(42)36-7)21-49(46,47-8)22-37-33(43)29(19-25(5)6)39-34(44)30-15-12-16-40(30)35(45)48-20-26-13-10-9-11-14-26/h9-11,13-14,23-25,27-30H,12,15-22H2,1-8H3,(H,36,42)(H,37,43)(H,38,41)(H,39,44)/t27?,28-,29-,30-,49?/m0/s1. The number of hydrogen-bond donors (Lipinski definition) is 4. The molecule has 1 aliphatic heterocycles. The average molecular weight is 708 g/mol. The molecule has 1 fully saturated rings. The molecule has 0 saturated carbocycles. The Morgan fingerprint density at radius 2 is 1.45 bits per heavy atom. The summed E-state index contributed by atoms with van der Waals surface area (Å²) in [5, 5.41) is 10.9. The van der Waals surface area contributed by atoms with Crippen LogP contribution in [0.2, 0.25) is 0 Å². The number of amides is 5. The maximum absolute atomic E-state index is 14.0. The molecule has 4 N–H and O–H groups in total. The van der Waals surface area contributed by atoms with E-state index in [4.69, 9.17) is 9.26 Å². The van der Waals surface area contributed by atoms with Crippen LogP contribution in [-0.4, -0.2) is 85.9 Å². The zero-order valence-corrected chi connectivity index (χ0v) is 31.3. The van der Waals surface area contributed by atoms with Crippen LogP contribution < -0.4 is 21.3 Å². The Balaban J connectivity index is 2.10. The van der Waals surface area contributed by atoms with E-state index < -0.39 is 55.2 Å². The molecule has 1 aliphatic rings. The molecule has 0 radical (unpaired) electrons. The van der Waals surface area contributed by atoms with Gasteiger partial charge in [-0.1, -0.05) is 71.9 Å². The summed E-state index contributed by atoms with van der Waals surface area (Å²) in [4.78, 5) is 67.1. The molecule has 0 spiro atoms. The summed E-state index contributed by atoms with van der Waals surface area (Å²) in [6, 6.07) is 6.76. The Morgan fingerprint density at radius 1 is 0.857 bits per heavy atom. The monoisotopic (exact) mass is 707 g/mol. The van der Waals surface area contributed by atoms with Crippen molar-refractivity contribution in [3.8, 4) is 0 Å². The molecule has 0 aromatic heterocycles. The van der Waals surface area contributed by atoms with E-state index in [2.05, 4.69) is 21.3 Å². The Bertz CT molecular complexity index is 1290. The number of nitrogens with one attached hydrogen (secondary N) is 4. The highest BCUT2D eigenvalue weighted by Gasteiger charge is 2.38. The molecule has 1 aromatic rings. The van der Waals surface area contributed by atoms with E-state index in [9.17, 15) is 28.5 Å². The van der Waals surface area contributed by atoms with Crippen molar-refractivity contribution in [3.05, 3.63) is 35.9 Å². The lowest BCUT2D eigenvalue weighted by atomic mass is 9.96. The fourth-order valence-electron chi connectivity index (χ4n) is 5.89. The molecule has 5 amide bonds. The van der Waals surface area contributed by atoms with Gasteiger partial charge in [0.1, 0.15) is 24.7 Å². The van der Waals surface area contributed by atoms with Gasteiger partial charge in [-0.25, -0.2) is 4.79 Å². The van der Waals surface area contributed by atoms with Crippen molar-refractivity contribution < 1.29 is 37.8 Å². The smallest absolute Gasteiger partial charge is 0.410 e. The second kappa shape index (κ2) is 20.3. The summed E-state index contributed by atoms with van der Waals surface area (Å²) >= 11 is 0. The highest BCUT2D eigenvalue weighted by molar-refractivity contribution is 7.59. The molecule has 1 aromatic carbocycles. The highest BCUT2D eigenvalue weighted by atomic mass is 31.2. The number of ether oxygens (including phenoxy) is 1. The molecule has 14 heteroatoms. The Kier molecular flexibility index (Phi) is 17.3. The van der Waals surface area contributed by atoms with Gasteiger partial charge < -0.3 is 30.5 Å². The summed E-state index contributed by atoms with van der Waals surface area (Å²) in [6.45, 7) is 12.1. The number of carbonyl (C=O) groups excluding carboxylic acids is 5. The molecule has 0 bridgehead atoms. The van der Waals surface area contributed by atoms with Crippen LogP contribution in [0.15, 0.2) is 30.3 Å². The SMILES string of the molecule is CNC(=O)[C@H](CC(C)C)NC(=O)C(CC(C)C)CP(=O)(CNC(=O)[C@H](CC(C)C)NC(=O)[C@@H]1CCCN1C(=O)OCc1ccccc1)OC. The van der Waals surface area contributed by atoms with Crippen LogP contribution in [0.25, 0.3) is 0 Å². The van der Waals surface area contributed by atoms with Crippen LogP contribution in [0.3, 0.4) is 0 Å². The van der Waals surface area contributed by atoms with Gasteiger partial charge in [-0.15, -0.1) is 0 Å². The van der Waals surface area contributed by atoms with Gasteiger partial charge in [0.15, 0.2) is 0 Å². The quantitative estimate of drug-likeness (QED) is 0.155. The minimum absolute atomic E-state index is 0.0269. The van der Waals surface area contributed by atoms with E-state index in [1.807, 2.05) is 71.9 Å². The van der Waals surface area contributed by atoms with Gasteiger partial charge in [-0.2, -0.15) is 0 Å². The van der Waals surface area contributed by atoms with Crippen LogP contribution in [0.4, 0.5) is 4.79 Å². The van der Waals surface area contributed by atoms with Gasteiger partial charge in [0, 0.05) is 32.8 Å². The Hall–Kier alpha value is -3.44. The first-order valence-corrected chi connectivity index (χ1v) is 19.3. The summed E-state index contributed by atoms with van der Waals surface area (Å²) in [7, 11) is -0.793. The maximum atomic E-state index is 14.0. The Labute approximate surface area is 291 Å². The number of carbonyl (C=O) groups is 5. The number of benzene rings is 1. The third kappa shape index (κ3) is 14.1. The first kappa shape index (κ1) is 41.7. The second-order valence-electron chi connectivity index (χ2n) is 14.1. The minimum Gasteiger partial charge on any atom is -0.445 e. The molecule has 13 nitrogen and oxygen atoms in total. The lowest BCUT2D eigenvalue weighted by Gasteiger charge is -2.28. The third-order valence-electron chi connectivity index (χ3n) is 8.37. The highest BCUT2D eigenvalue weighted by Crippen LogP contribution is 2.47. The molecule has 5 atom stereocenters. The lowest BCUT2D eigenvalue weighted by molar-refractivity contribution is -0.131. The van der Waals surface area contributed by atoms with Crippen molar-refractivity contribution in [2.45, 2.75) is 98.4 Å². The maximum Gasteiger partial charge on any atom is 0.410 e. The summed E-state index contributed by atoms with van der Waals surface area (Å²) in [6.07, 6.45) is 1.09. The van der Waals surface area contributed by atoms with Crippen molar-refractivity contribution >= 4 is 37.1 Å². The molecule has 1 saturated heterocycles. The number of hydrogen-bond acceptors (Lipinski definition) is 8. The van der Waals surface area contributed by atoms with E-state index in [-0.39, 0.29) is 42.7 Å². The molecule has 2 unspecified atom stereocenters. The van der Waals surface area contributed by atoms with Crippen molar-refractivity contribution in [3.63, 3.8) is 0 Å². The van der Waals surface area contributed by atoms with Crippen LogP contribution in [0.1, 0.15) is 79.2 Å². The van der Waals surface area contributed by atoms with Crippen LogP contribution in [0.5, 0.6) is 0 Å². The van der Waals surface area contributed by atoms with Crippen LogP contribution in [-0.2, 0) is 39.6 Å². The van der Waals surface area contributed by atoms with Crippen LogP contribution in [0, 0.1) is 23.7 Å². The average Bonchev–Trinajstić information content (AvgIpc) is 3.55. The molecule has 276 valence electrons. The number of rotatable bonds is 19. The Morgan fingerprint density at radius 3 is 2.00 bits per heavy atom. The molecule has 1 heterocycles. The first-order valence-electron chi connectivity index (χ1n) is 17.3. The van der Waals surface area contributed by atoms with Gasteiger partial charge in [0.05, 0.1) is 6.29 Å². The molecular weight excluding hydrogens is 649 g/mol. The van der Waals surface area contributed by atoms with Gasteiger partial charge in [0.2, 0.25) is 31.0 Å². The molecule has 49 heavy (non-hydrogen) atoms. The number of likely N-dealkylation sites (N-methyl/N-ethyl adjacent to an activating group) is 1. The fraction of sp³-hybridized carbons (Fsp3) is 0.686. The third-order valence-corrected chi connectivity index (χ3v) is 10.7.